The van der Waals surface area contributed by atoms with E-state index in [0.717, 1.165) is 35.8 Å². The lowest BCUT2D eigenvalue weighted by Crippen LogP contribution is -2.29. The number of amides is 1. The Morgan fingerprint density at radius 2 is 2.04 bits per heavy atom. The van der Waals surface area contributed by atoms with E-state index in [0.29, 0.717) is 6.42 Å². The number of hydrogen-bond donors (Lipinski definition) is 1. The van der Waals surface area contributed by atoms with Gasteiger partial charge in [-0.1, -0.05) is 37.2 Å². The molecule has 1 saturated heterocycles. The summed E-state index contributed by atoms with van der Waals surface area (Å²) < 4.78 is 23.2. The number of aliphatic imine (C=N–C) groups is 1. The highest BCUT2D eigenvalue weighted by atomic mass is 32.2. The third-order valence-electron chi connectivity index (χ3n) is 4.65. The van der Waals surface area contributed by atoms with E-state index >= 15 is 0 Å². The van der Waals surface area contributed by atoms with Crippen molar-refractivity contribution < 1.29 is 13.2 Å². The smallest absolute Gasteiger partial charge is 0.226 e. The van der Waals surface area contributed by atoms with Crippen LogP contribution in [0.3, 0.4) is 0 Å². The van der Waals surface area contributed by atoms with Crippen molar-refractivity contribution in [3.8, 4) is 0 Å². The van der Waals surface area contributed by atoms with Crippen molar-refractivity contribution >= 4 is 38.4 Å². The van der Waals surface area contributed by atoms with Gasteiger partial charge in [0.1, 0.15) is 0 Å². The molecule has 142 valence electrons. The summed E-state index contributed by atoms with van der Waals surface area (Å²) in [6, 6.07) is 7.63. The van der Waals surface area contributed by atoms with E-state index in [1.54, 1.807) is 4.90 Å². The van der Waals surface area contributed by atoms with Gasteiger partial charge >= 0.3 is 0 Å². The predicted octanol–water partition coefficient (Wildman–Crippen LogP) is 2.17. The van der Waals surface area contributed by atoms with Gasteiger partial charge in [-0.05, 0) is 24.1 Å². The second-order valence-corrected chi connectivity index (χ2v) is 10.3. The molecule has 0 saturated carbocycles. The molecule has 0 aromatic heterocycles. The summed E-state index contributed by atoms with van der Waals surface area (Å²) >= 11 is 1.50. The maximum absolute atomic E-state index is 12.2. The van der Waals surface area contributed by atoms with E-state index in [9.17, 15) is 13.2 Å². The largest absolute Gasteiger partial charge is 0.345 e. The Hall–Kier alpha value is -1.54. The number of hydrogen-bond acceptors (Lipinski definition) is 6. The van der Waals surface area contributed by atoms with Crippen molar-refractivity contribution in [2.24, 2.45) is 4.99 Å². The van der Waals surface area contributed by atoms with Gasteiger partial charge in [-0.3, -0.25) is 9.79 Å². The average Bonchev–Trinajstić information content (AvgIpc) is 3.06. The van der Waals surface area contributed by atoms with Crippen LogP contribution in [0.15, 0.2) is 29.3 Å². The molecule has 26 heavy (non-hydrogen) atoms. The minimum absolute atomic E-state index is 0.0399. The summed E-state index contributed by atoms with van der Waals surface area (Å²) in [5, 5.41) is 4.07. The molecule has 3 rings (SSSR count). The number of amidine groups is 1. The summed E-state index contributed by atoms with van der Waals surface area (Å²) in [5.41, 5.74) is 1.88. The molecule has 2 heterocycles. The van der Waals surface area contributed by atoms with Crippen molar-refractivity contribution in [2.75, 3.05) is 30.4 Å². The van der Waals surface area contributed by atoms with Gasteiger partial charge in [0.15, 0.2) is 15.0 Å². The third kappa shape index (κ3) is 4.79. The van der Waals surface area contributed by atoms with Crippen LogP contribution in [-0.2, 0) is 21.1 Å². The van der Waals surface area contributed by atoms with E-state index in [-0.39, 0.29) is 28.7 Å². The van der Waals surface area contributed by atoms with E-state index in [1.165, 1.54) is 11.8 Å². The number of likely N-dealkylation sites (N-methyl/N-ethyl adjacent to an activating group) is 1. The number of carbonyl (C=O) groups excluding carboxylic acids is 1. The predicted molar refractivity (Wildman–Crippen MR) is 108 cm³/mol. The fourth-order valence-corrected chi connectivity index (χ4v) is 6.75. The van der Waals surface area contributed by atoms with Crippen LogP contribution in [0.1, 0.15) is 25.3 Å². The first-order valence-electron chi connectivity index (χ1n) is 8.91. The van der Waals surface area contributed by atoms with E-state index in [2.05, 4.69) is 17.2 Å². The van der Waals surface area contributed by atoms with Crippen LogP contribution in [0.25, 0.3) is 0 Å². The van der Waals surface area contributed by atoms with Crippen molar-refractivity contribution in [3.05, 3.63) is 29.8 Å². The number of carbonyl (C=O) groups is 1. The Morgan fingerprint density at radius 3 is 2.69 bits per heavy atom. The topological polar surface area (TPSA) is 78.8 Å². The molecule has 0 aliphatic carbocycles. The van der Waals surface area contributed by atoms with Crippen molar-refractivity contribution in [2.45, 2.75) is 37.5 Å². The fraction of sp³-hybridized carbons (Fsp3) is 0.556. The maximum Gasteiger partial charge on any atom is 0.226 e. The molecule has 1 N–H and O–H groups in total. The van der Waals surface area contributed by atoms with Crippen LogP contribution in [0, 0.1) is 0 Å². The molecule has 2 atom stereocenters. The van der Waals surface area contributed by atoms with Crippen LogP contribution >= 0.6 is 11.8 Å². The number of benzene rings is 1. The van der Waals surface area contributed by atoms with Gasteiger partial charge < -0.3 is 10.2 Å². The Labute approximate surface area is 159 Å². The van der Waals surface area contributed by atoms with Gasteiger partial charge in [-0.25, -0.2) is 8.42 Å². The molecule has 1 aromatic rings. The van der Waals surface area contributed by atoms with Crippen LogP contribution in [0.2, 0.25) is 0 Å². The van der Waals surface area contributed by atoms with Gasteiger partial charge in [0.05, 0.1) is 24.0 Å². The lowest BCUT2D eigenvalue weighted by Gasteiger charge is -2.16. The molecule has 0 spiro atoms. The summed E-state index contributed by atoms with van der Waals surface area (Å²) in [7, 11) is -1.08. The highest BCUT2D eigenvalue weighted by Crippen LogP contribution is 2.34. The fourth-order valence-electron chi connectivity index (χ4n) is 3.07. The number of nitrogens with one attached hydrogen (secondary N) is 1. The first-order chi connectivity index (χ1) is 12.4. The Morgan fingerprint density at radius 1 is 1.31 bits per heavy atom. The molecule has 1 fully saturated rings. The van der Waals surface area contributed by atoms with E-state index in [1.807, 2.05) is 31.3 Å². The number of rotatable bonds is 6. The summed E-state index contributed by atoms with van der Waals surface area (Å²) in [4.78, 5) is 18.5. The number of thioether (sulfide) groups is 1. The van der Waals surface area contributed by atoms with Gasteiger partial charge in [0.25, 0.3) is 0 Å². The number of sulfone groups is 1. The number of anilines is 1. The highest BCUT2D eigenvalue weighted by Gasteiger charge is 2.42. The average molecular weight is 396 g/mol. The van der Waals surface area contributed by atoms with Crippen LogP contribution in [0.4, 0.5) is 5.69 Å². The Bertz CT molecular complexity index is 790. The maximum atomic E-state index is 12.2. The Balaban J connectivity index is 1.53. The molecule has 1 aromatic carbocycles. The van der Waals surface area contributed by atoms with Gasteiger partial charge in [-0.2, -0.15) is 0 Å². The van der Waals surface area contributed by atoms with Crippen LogP contribution < -0.4 is 5.32 Å². The number of fused-ring (bicyclic) bond motifs is 1. The summed E-state index contributed by atoms with van der Waals surface area (Å²) in [6.07, 6.45) is 2.50. The van der Waals surface area contributed by atoms with Crippen LogP contribution in [0.5, 0.6) is 0 Å². The van der Waals surface area contributed by atoms with E-state index < -0.39 is 9.84 Å². The van der Waals surface area contributed by atoms with Crippen molar-refractivity contribution in [3.63, 3.8) is 0 Å². The monoisotopic (exact) mass is 395 g/mol. The molecular weight excluding hydrogens is 370 g/mol. The minimum Gasteiger partial charge on any atom is -0.345 e. The minimum atomic E-state index is -2.92. The molecule has 8 heteroatoms. The first-order valence-corrected chi connectivity index (χ1v) is 11.6. The van der Waals surface area contributed by atoms with E-state index in [4.69, 9.17) is 0 Å². The van der Waals surface area contributed by atoms with Crippen molar-refractivity contribution in [1.29, 1.82) is 0 Å². The zero-order chi connectivity index (χ0) is 18.7. The molecule has 0 unspecified atom stereocenters. The van der Waals surface area contributed by atoms with Gasteiger partial charge in [0, 0.05) is 24.5 Å². The van der Waals surface area contributed by atoms with Crippen LogP contribution in [-0.4, -0.2) is 60.8 Å². The zero-order valence-corrected chi connectivity index (χ0v) is 16.8. The molecule has 2 aliphatic rings. The van der Waals surface area contributed by atoms with Crippen molar-refractivity contribution in [1.82, 2.24) is 4.90 Å². The second-order valence-electron chi connectivity index (χ2n) is 6.90. The second kappa shape index (κ2) is 8.00. The quantitative estimate of drug-likeness (QED) is 0.799. The molecule has 1 amide bonds. The summed E-state index contributed by atoms with van der Waals surface area (Å²) in [5.74, 6) is 0.496. The molecule has 6 nitrogen and oxygen atoms in total. The van der Waals surface area contributed by atoms with Gasteiger partial charge in [0.2, 0.25) is 5.91 Å². The molecule has 0 radical (unpaired) electrons. The Kier molecular flexibility index (Phi) is 5.92. The first kappa shape index (κ1) is 19.2. The highest BCUT2D eigenvalue weighted by molar-refractivity contribution is 8.15. The lowest BCUT2D eigenvalue weighted by atomic mass is 10.1. The van der Waals surface area contributed by atoms with Gasteiger partial charge in [-0.15, -0.1) is 0 Å². The molecular formula is C18H25N3O3S2. The molecule has 0 bridgehead atoms. The lowest BCUT2D eigenvalue weighted by molar-refractivity contribution is -0.129. The standard InChI is InChI=1S/C18H25N3O3S2/c1-3-4-9-21(2)17(22)10-13-5-7-14(8-6-13)19-18-20-15-11-26(23,24)12-16(15)25-18/h5-8,15-16H,3-4,9-12H2,1-2H3,(H,19,20)/t15-,16+/m1/s1. The zero-order valence-electron chi connectivity index (χ0n) is 15.1. The number of nitrogens with zero attached hydrogens (tertiary/aromatic N) is 2. The third-order valence-corrected chi connectivity index (χ3v) is 7.79. The normalized spacial score (nSPS) is 23.4. The molecule has 2 aliphatic heterocycles. The SMILES string of the molecule is CCCCN(C)C(=O)Cc1ccc(NC2=N[C@@H]3CS(=O)(=O)C[C@@H]3S2)cc1. The summed E-state index contributed by atoms with van der Waals surface area (Å²) in [6.45, 7) is 2.91. The number of unbranched alkanes of at least 4 members (excludes halogenated alkanes) is 1.